The van der Waals surface area contributed by atoms with E-state index >= 15 is 0 Å². The molecule has 1 saturated heterocycles. The van der Waals surface area contributed by atoms with Gasteiger partial charge in [-0.3, -0.25) is 0 Å². The summed E-state index contributed by atoms with van der Waals surface area (Å²) >= 11 is 0. The fourth-order valence-electron chi connectivity index (χ4n) is 1.75. The number of aryl methyl sites for hydroxylation is 1. The topological polar surface area (TPSA) is 44.5 Å². The number of rotatable bonds is 2. The molecule has 1 aromatic rings. The average molecular weight is 207 g/mol. The first-order valence-electron chi connectivity index (χ1n) is 5.36. The zero-order valence-corrected chi connectivity index (χ0v) is 9.03. The molecule has 0 bridgehead atoms. The van der Waals surface area contributed by atoms with Crippen molar-refractivity contribution >= 4 is 5.69 Å². The molecular formula is C12H17NO2. The molecule has 0 aromatic heterocycles. The van der Waals surface area contributed by atoms with Gasteiger partial charge in [-0.2, -0.15) is 0 Å². The summed E-state index contributed by atoms with van der Waals surface area (Å²) in [5, 5.41) is 0. The second kappa shape index (κ2) is 4.53. The van der Waals surface area contributed by atoms with Crippen LogP contribution in [-0.2, 0) is 4.74 Å². The van der Waals surface area contributed by atoms with Crippen molar-refractivity contribution in [3.8, 4) is 5.75 Å². The van der Waals surface area contributed by atoms with E-state index in [1.807, 2.05) is 25.1 Å². The molecule has 15 heavy (non-hydrogen) atoms. The van der Waals surface area contributed by atoms with Crippen LogP contribution in [0.5, 0.6) is 5.75 Å². The highest BCUT2D eigenvalue weighted by molar-refractivity contribution is 5.54. The first-order valence-corrected chi connectivity index (χ1v) is 5.36. The van der Waals surface area contributed by atoms with Gasteiger partial charge >= 0.3 is 0 Å². The predicted octanol–water partition coefficient (Wildman–Crippen LogP) is 2.14. The van der Waals surface area contributed by atoms with Gasteiger partial charge in [-0.25, -0.2) is 0 Å². The minimum Gasteiger partial charge on any atom is -0.488 e. The maximum atomic E-state index is 5.88. The van der Waals surface area contributed by atoms with Crippen LogP contribution < -0.4 is 10.5 Å². The fourth-order valence-corrected chi connectivity index (χ4v) is 1.75. The molecular weight excluding hydrogens is 190 g/mol. The predicted molar refractivity (Wildman–Crippen MR) is 60.1 cm³/mol. The minimum absolute atomic E-state index is 0.253. The largest absolute Gasteiger partial charge is 0.488 e. The van der Waals surface area contributed by atoms with Crippen LogP contribution in [0.2, 0.25) is 0 Å². The van der Waals surface area contributed by atoms with Crippen molar-refractivity contribution in [1.82, 2.24) is 0 Å². The summed E-state index contributed by atoms with van der Waals surface area (Å²) in [5.41, 5.74) is 7.77. The Balaban J connectivity index is 2.03. The van der Waals surface area contributed by atoms with Crippen LogP contribution in [0.4, 0.5) is 5.69 Å². The lowest BCUT2D eigenvalue weighted by Gasteiger charge is -2.24. The van der Waals surface area contributed by atoms with Crippen LogP contribution >= 0.6 is 0 Å². The molecule has 1 aliphatic heterocycles. The van der Waals surface area contributed by atoms with Crippen LogP contribution in [0.25, 0.3) is 0 Å². The monoisotopic (exact) mass is 207 g/mol. The fraction of sp³-hybridized carbons (Fsp3) is 0.500. The van der Waals surface area contributed by atoms with Gasteiger partial charge in [0.1, 0.15) is 11.9 Å². The van der Waals surface area contributed by atoms with Gasteiger partial charge < -0.3 is 15.2 Å². The summed E-state index contributed by atoms with van der Waals surface area (Å²) in [6.45, 7) is 3.60. The summed E-state index contributed by atoms with van der Waals surface area (Å²) in [4.78, 5) is 0. The van der Waals surface area contributed by atoms with Gasteiger partial charge in [0.2, 0.25) is 0 Å². The van der Waals surface area contributed by atoms with Crippen molar-refractivity contribution in [2.24, 2.45) is 0 Å². The summed E-state index contributed by atoms with van der Waals surface area (Å²) in [6, 6.07) is 5.90. The van der Waals surface area contributed by atoms with Crippen LogP contribution in [0, 0.1) is 6.92 Å². The number of hydrogen-bond donors (Lipinski definition) is 1. The lowest BCUT2D eigenvalue weighted by Crippen LogP contribution is -2.26. The van der Waals surface area contributed by atoms with Crippen LogP contribution in [0.1, 0.15) is 18.4 Å². The van der Waals surface area contributed by atoms with E-state index in [0.29, 0.717) is 0 Å². The Bertz CT molecular complexity index is 332. The first kappa shape index (κ1) is 10.3. The van der Waals surface area contributed by atoms with Crippen LogP contribution in [0.3, 0.4) is 0 Å². The van der Waals surface area contributed by atoms with E-state index in [9.17, 15) is 0 Å². The third-order valence-electron chi connectivity index (χ3n) is 2.63. The summed E-state index contributed by atoms with van der Waals surface area (Å²) < 4.78 is 11.1. The van der Waals surface area contributed by atoms with Gasteiger partial charge in [-0.1, -0.05) is 6.07 Å². The summed E-state index contributed by atoms with van der Waals surface area (Å²) in [7, 11) is 0. The zero-order valence-electron chi connectivity index (χ0n) is 9.03. The summed E-state index contributed by atoms with van der Waals surface area (Å²) in [6.07, 6.45) is 2.16. The second-order valence-electron chi connectivity index (χ2n) is 3.97. The van der Waals surface area contributed by atoms with E-state index in [4.69, 9.17) is 15.2 Å². The summed E-state index contributed by atoms with van der Waals surface area (Å²) in [5.74, 6) is 0.799. The quantitative estimate of drug-likeness (QED) is 0.755. The van der Waals surface area contributed by atoms with E-state index in [-0.39, 0.29) is 6.10 Å². The Morgan fingerprint density at radius 3 is 2.73 bits per heavy atom. The van der Waals surface area contributed by atoms with Crippen molar-refractivity contribution in [1.29, 1.82) is 0 Å². The Morgan fingerprint density at radius 1 is 1.33 bits per heavy atom. The van der Waals surface area contributed by atoms with Crippen molar-refractivity contribution in [3.63, 3.8) is 0 Å². The minimum atomic E-state index is 0.253. The molecule has 3 heteroatoms. The van der Waals surface area contributed by atoms with Crippen molar-refractivity contribution < 1.29 is 9.47 Å². The number of benzene rings is 1. The average Bonchev–Trinajstić information content (AvgIpc) is 2.24. The Hall–Kier alpha value is -1.22. The highest BCUT2D eigenvalue weighted by Crippen LogP contribution is 2.25. The zero-order chi connectivity index (χ0) is 10.7. The maximum Gasteiger partial charge on any atom is 0.142 e. The Morgan fingerprint density at radius 2 is 2.07 bits per heavy atom. The molecule has 0 amide bonds. The number of anilines is 1. The highest BCUT2D eigenvalue weighted by Gasteiger charge is 2.16. The lowest BCUT2D eigenvalue weighted by molar-refractivity contribution is 0.0258. The Labute approximate surface area is 90.2 Å². The first-order chi connectivity index (χ1) is 7.25. The molecule has 2 rings (SSSR count). The molecule has 0 radical (unpaired) electrons. The van der Waals surface area contributed by atoms with Crippen LogP contribution in [0.15, 0.2) is 18.2 Å². The molecule has 1 aromatic carbocycles. The molecule has 0 atom stereocenters. The number of hydrogen-bond acceptors (Lipinski definition) is 3. The van der Waals surface area contributed by atoms with E-state index < -0.39 is 0 Å². The van der Waals surface area contributed by atoms with Gasteiger partial charge in [-0.15, -0.1) is 0 Å². The van der Waals surface area contributed by atoms with E-state index in [0.717, 1.165) is 43.1 Å². The third kappa shape index (κ3) is 2.63. The van der Waals surface area contributed by atoms with Gasteiger partial charge in [0.15, 0.2) is 0 Å². The smallest absolute Gasteiger partial charge is 0.142 e. The van der Waals surface area contributed by atoms with Crippen LogP contribution in [-0.4, -0.2) is 19.3 Å². The van der Waals surface area contributed by atoms with Gasteiger partial charge in [0.05, 0.1) is 18.9 Å². The second-order valence-corrected chi connectivity index (χ2v) is 3.97. The highest BCUT2D eigenvalue weighted by atomic mass is 16.5. The number of ether oxygens (including phenoxy) is 2. The van der Waals surface area contributed by atoms with Gasteiger partial charge in [0.25, 0.3) is 0 Å². The molecule has 2 N–H and O–H groups in total. The van der Waals surface area contributed by atoms with E-state index in [1.165, 1.54) is 0 Å². The molecule has 0 aliphatic carbocycles. The molecule has 3 nitrogen and oxygen atoms in total. The lowest BCUT2D eigenvalue weighted by atomic mass is 10.1. The van der Waals surface area contributed by atoms with Crippen molar-refractivity contribution in [2.45, 2.75) is 25.9 Å². The van der Waals surface area contributed by atoms with Crippen molar-refractivity contribution in [3.05, 3.63) is 23.8 Å². The maximum absolute atomic E-state index is 5.88. The van der Waals surface area contributed by atoms with Gasteiger partial charge in [-0.05, 0) is 24.6 Å². The van der Waals surface area contributed by atoms with Crippen molar-refractivity contribution in [2.75, 3.05) is 18.9 Å². The normalized spacial score (nSPS) is 17.7. The number of nitrogens with two attached hydrogens (primary N) is 1. The van der Waals surface area contributed by atoms with E-state index in [1.54, 1.807) is 0 Å². The SMILES string of the molecule is Cc1ccc(OC2CCOCC2)c(N)c1. The standard InChI is InChI=1S/C12H17NO2/c1-9-2-3-12(11(13)8-9)15-10-4-6-14-7-5-10/h2-3,8,10H,4-7,13H2,1H3. The molecule has 0 spiro atoms. The third-order valence-corrected chi connectivity index (χ3v) is 2.63. The van der Waals surface area contributed by atoms with E-state index in [2.05, 4.69) is 0 Å². The molecule has 0 saturated carbocycles. The molecule has 0 unspecified atom stereocenters. The Kier molecular flexibility index (Phi) is 3.11. The molecule has 82 valence electrons. The number of nitrogen functional groups attached to an aromatic ring is 1. The molecule has 1 heterocycles. The molecule has 1 fully saturated rings. The van der Waals surface area contributed by atoms with Gasteiger partial charge in [0, 0.05) is 12.8 Å². The molecule has 1 aliphatic rings.